The van der Waals surface area contributed by atoms with Crippen LogP contribution < -0.4 is 4.74 Å². The summed E-state index contributed by atoms with van der Waals surface area (Å²) in [5, 5.41) is 9.00. The molecule has 0 saturated heterocycles. The highest BCUT2D eigenvalue weighted by atomic mass is 79.9. The summed E-state index contributed by atoms with van der Waals surface area (Å²) in [5.74, 6) is 0.0906. The van der Waals surface area contributed by atoms with Crippen LogP contribution in [0.3, 0.4) is 0 Å². The van der Waals surface area contributed by atoms with Crippen molar-refractivity contribution in [1.82, 2.24) is 4.90 Å². The Kier molecular flexibility index (Phi) is 6.11. The molecule has 0 bridgehead atoms. The number of ketones is 1. The molecule has 6 heteroatoms. The lowest BCUT2D eigenvalue weighted by molar-refractivity contribution is 0.0763. The van der Waals surface area contributed by atoms with Gasteiger partial charge in [-0.25, -0.2) is 0 Å². The molecule has 0 aliphatic carbocycles. The lowest BCUT2D eigenvalue weighted by Crippen LogP contribution is -2.30. The summed E-state index contributed by atoms with van der Waals surface area (Å²) in [6, 6.07) is 11.7. The minimum absolute atomic E-state index is 0.138. The number of rotatable bonds is 6. The van der Waals surface area contributed by atoms with Crippen LogP contribution >= 0.6 is 15.9 Å². The van der Waals surface area contributed by atoms with E-state index in [9.17, 15) is 9.59 Å². The van der Waals surface area contributed by atoms with Gasteiger partial charge in [-0.3, -0.25) is 9.59 Å². The lowest BCUT2D eigenvalue weighted by atomic mass is 9.97. The standard InChI is InChI=1S/C18H18BrNO4/c1-20(9-10-21)18(23)15-8-5-13(19)11-16(15)17(22)12-3-6-14(24-2)7-4-12/h3-8,11,21H,9-10H2,1-2H3. The van der Waals surface area contributed by atoms with Crippen LogP contribution in [0.2, 0.25) is 0 Å². The average Bonchev–Trinajstić information content (AvgIpc) is 2.60. The zero-order valence-electron chi connectivity index (χ0n) is 13.5. The SMILES string of the molecule is COc1ccc(C(=O)c2cc(Br)ccc2C(=O)N(C)CCO)cc1. The third-order valence-electron chi connectivity index (χ3n) is 3.59. The predicted octanol–water partition coefficient (Wildman–Crippen LogP) is 2.75. The van der Waals surface area contributed by atoms with Gasteiger partial charge in [0.2, 0.25) is 0 Å². The first-order valence-electron chi connectivity index (χ1n) is 7.32. The molecule has 0 aliphatic rings. The van der Waals surface area contributed by atoms with Gasteiger partial charge >= 0.3 is 0 Å². The Morgan fingerprint density at radius 1 is 1.12 bits per heavy atom. The molecule has 1 amide bonds. The number of hydrogen-bond acceptors (Lipinski definition) is 4. The van der Waals surface area contributed by atoms with E-state index in [2.05, 4.69) is 15.9 Å². The summed E-state index contributed by atoms with van der Waals surface area (Å²) >= 11 is 3.34. The minimum Gasteiger partial charge on any atom is -0.497 e. The number of likely N-dealkylation sites (N-methyl/N-ethyl adjacent to an activating group) is 1. The Hall–Kier alpha value is -2.18. The van der Waals surface area contributed by atoms with E-state index in [1.165, 1.54) is 4.90 Å². The number of ether oxygens (including phenoxy) is 1. The van der Waals surface area contributed by atoms with Crippen LogP contribution in [0.1, 0.15) is 26.3 Å². The monoisotopic (exact) mass is 391 g/mol. The van der Waals surface area contributed by atoms with E-state index in [1.807, 2.05) is 0 Å². The molecule has 0 aliphatic heterocycles. The Balaban J connectivity index is 2.42. The zero-order chi connectivity index (χ0) is 17.7. The van der Waals surface area contributed by atoms with Crippen LogP contribution in [0.25, 0.3) is 0 Å². The molecule has 2 rings (SSSR count). The molecule has 0 heterocycles. The van der Waals surface area contributed by atoms with Gasteiger partial charge in [-0.2, -0.15) is 0 Å². The smallest absolute Gasteiger partial charge is 0.254 e. The van der Waals surface area contributed by atoms with Gasteiger partial charge in [-0.05, 0) is 42.5 Å². The molecule has 0 fully saturated rings. The van der Waals surface area contributed by atoms with Crippen molar-refractivity contribution in [1.29, 1.82) is 0 Å². The Morgan fingerprint density at radius 3 is 2.38 bits per heavy atom. The molecular weight excluding hydrogens is 374 g/mol. The molecule has 2 aromatic carbocycles. The van der Waals surface area contributed by atoms with Gasteiger partial charge in [0.15, 0.2) is 5.78 Å². The van der Waals surface area contributed by atoms with Crippen molar-refractivity contribution in [3.8, 4) is 5.75 Å². The molecule has 0 spiro atoms. The maximum atomic E-state index is 12.8. The first-order chi connectivity index (χ1) is 11.5. The van der Waals surface area contributed by atoms with Crippen LogP contribution in [0.5, 0.6) is 5.75 Å². The number of nitrogens with zero attached hydrogens (tertiary/aromatic N) is 1. The van der Waals surface area contributed by atoms with Gasteiger partial charge in [0, 0.05) is 29.2 Å². The summed E-state index contributed by atoms with van der Waals surface area (Å²) in [5.41, 5.74) is 1.08. The minimum atomic E-state index is -0.312. The van der Waals surface area contributed by atoms with Gasteiger partial charge in [0.1, 0.15) is 5.75 Å². The van der Waals surface area contributed by atoms with Crippen molar-refractivity contribution in [2.45, 2.75) is 0 Å². The van der Waals surface area contributed by atoms with Crippen LogP contribution in [-0.4, -0.2) is 49.0 Å². The molecular formula is C18H18BrNO4. The second-order valence-electron chi connectivity index (χ2n) is 5.20. The highest BCUT2D eigenvalue weighted by molar-refractivity contribution is 9.10. The van der Waals surface area contributed by atoms with Crippen molar-refractivity contribution in [3.05, 3.63) is 63.6 Å². The van der Waals surface area contributed by atoms with Crippen molar-refractivity contribution in [3.63, 3.8) is 0 Å². The van der Waals surface area contributed by atoms with E-state index in [4.69, 9.17) is 9.84 Å². The quantitative estimate of drug-likeness (QED) is 0.768. The number of carbonyl (C=O) groups excluding carboxylic acids is 2. The van der Waals surface area contributed by atoms with E-state index < -0.39 is 0 Å². The highest BCUT2D eigenvalue weighted by Crippen LogP contribution is 2.22. The van der Waals surface area contributed by atoms with Crippen molar-refractivity contribution in [2.24, 2.45) is 0 Å². The van der Waals surface area contributed by atoms with Crippen LogP contribution in [0.15, 0.2) is 46.9 Å². The maximum absolute atomic E-state index is 12.8. The van der Waals surface area contributed by atoms with Gasteiger partial charge in [-0.1, -0.05) is 15.9 Å². The second-order valence-corrected chi connectivity index (χ2v) is 6.11. The first kappa shape index (κ1) is 18.2. The fourth-order valence-corrected chi connectivity index (χ4v) is 2.61. The number of halogens is 1. The Bertz CT molecular complexity index is 743. The molecule has 1 N–H and O–H groups in total. The summed E-state index contributed by atoms with van der Waals surface area (Å²) < 4.78 is 5.80. The van der Waals surface area contributed by atoms with E-state index in [1.54, 1.807) is 56.6 Å². The normalized spacial score (nSPS) is 10.3. The molecule has 2 aromatic rings. The molecule has 126 valence electrons. The van der Waals surface area contributed by atoms with Gasteiger partial charge in [-0.15, -0.1) is 0 Å². The van der Waals surface area contributed by atoms with Crippen molar-refractivity contribution >= 4 is 27.6 Å². The topological polar surface area (TPSA) is 66.8 Å². The molecule has 0 saturated carbocycles. The summed E-state index contributed by atoms with van der Waals surface area (Å²) in [4.78, 5) is 26.7. The molecule has 0 radical (unpaired) electrons. The summed E-state index contributed by atoms with van der Waals surface area (Å²) in [7, 11) is 3.14. The lowest BCUT2D eigenvalue weighted by Gasteiger charge is -2.18. The van der Waals surface area contributed by atoms with Crippen LogP contribution in [-0.2, 0) is 0 Å². The molecule has 0 atom stereocenters. The number of amides is 1. The first-order valence-corrected chi connectivity index (χ1v) is 8.12. The third kappa shape index (κ3) is 4.01. The van der Waals surface area contributed by atoms with E-state index >= 15 is 0 Å². The predicted molar refractivity (Wildman–Crippen MR) is 94.6 cm³/mol. The molecule has 0 unspecified atom stereocenters. The van der Waals surface area contributed by atoms with Crippen LogP contribution in [0, 0.1) is 0 Å². The summed E-state index contributed by atoms with van der Waals surface area (Å²) in [6.07, 6.45) is 0. The number of benzene rings is 2. The number of aliphatic hydroxyl groups is 1. The maximum Gasteiger partial charge on any atom is 0.254 e. The second kappa shape index (κ2) is 8.08. The largest absolute Gasteiger partial charge is 0.497 e. The van der Waals surface area contributed by atoms with Gasteiger partial charge in [0.05, 0.1) is 19.3 Å². The molecule has 5 nitrogen and oxygen atoms in total. The molecule has 0 aromatic heterocycles. The highest BCUT2D eigenvalue weighted by Gasteiger charge is 2.21. The number of methoxy groups -OCH3 is 1. The van der Waals surface area contributed by atoms with E-state index in [0.717, 1.165) is 0 Å². The van der Waals surface area contributed by atoms with E-state index in [0.29, 0.717) is 26.9 Å². The van der Waals surface area contributed by atoms with Gasteiger partial charge < -0.3 is 14.7 Å². The van der Waals surface area contributed by atoms with Crippen molar-refractivity contribution in [2.75, 3.05) is 27.3 Å². The number of hydrogen-bond donors (Lipinski definition) is 1. The Labute approximate surface area is 149 Å². The molecule has 24 heavy (non-hydrogen) atoms. The average molecular weight is 392 g/mol. The zero-order valence-corrected chi connectivity index (χ0v) is 15.0. The summed E-state index contributed by atoms with van der Waals surface area (Å²) in [6.45, 7) is 0.0611. The van der Waals surface area contributed by atoms with E-state index in [-0.39, 0.29) is 24.8 Å². The fraction of sp³-hybridized carbons (Fsp3) is 0.222. The van der Waals surface area contributed by atoms with Gasteiger partial charge in [0.25, 0.3) is 5.91 Å². The van der Waals surface area contributed by atoms with Crippen LogP contribution in [0.4, 0.5) is 0 Å². The number of aliphatic hydroxyl groups excluding tert-OH is 1. The third-order valence-corrected chi connectivity index (χ3v) is 4.08. The Morgan fingerprint density at radius 2 is 1.79 bits per heavy atom. The van der Waals surface area contributed by atoms with Crippen molar-refractivity contribution < 1.29 is 19.4 Å². The fourth-order valence-electron chi connectivity index (χ4n) is 2.25. The number of carbonyl (C=O) groups is 2.